The van der Waals surface area contributed by atoms with Gasteiger partial charge >= 0.3 is 0 Å². The van der Waals surface area contributed by atoms with Crippen molar-refractivity contribution in [3.05, 3.63) is 0 Å². The quantitative estimate of drug-likeness (QED) is 0.779. The van der Waals surface area contributed by atoms with Crippen LogP contribution in [-0.4, -0.2) is 49.5 Å². The fraction of sp³-hybridized carbons (Fsp3) is 1.00. The average molecular weight is 229 g/mol. The first-order valence-electron chi connectivity index (χ1n) is 6.39. The summed E-state index contributed by atoms with van der Waals surface area (Å²) in [6, 6.07) is 0.561. The molecule has 96 valence electrons. The third-order valence-corrected chi connectivity index (χ3v) is 4.13. The molecule has 0 spiro atoms. The molecule has 0 aromatic heterocycles. The summed E-state index contributed by atoms with van der Waals surface area (Å²) >= 11 is 0. The lowest BCUT2D eigenvalue weighted by molar-refractivity contribution is -0.0376. The molecule has 1 atom stereocenters. The molecule has 1 aliphatic rings. The first-order valence-corrected chi connectivity index (χ1v) is 6.39. The summed E-state index contributed by atoms with van der Waals surface area (Å²) in [5.74, 6) is 0.653. The summed E-state index contributed by atoms with van der Waals surface area (Å²) < 4.78 is 5.39. The second kappa shape index (κ2) is 5.99. The molecule has 1 N–H and O–H groups in total. The molecule has 3 heteroatoms. The standard InChI is InChI=1S/C13H27NO2/c1-11(2)12(3)14(4)9-13(10-15)5-7-16-8-6-13/h11-12,15H,5-10H2,1-4H3. The molecule has 1 fully saturated rings. The number of hydrogen-bond donors (Lipinski definition) is 1. The second-order valence-corrected chi connectivity index (χ2v) is 5.67. The van der Waals surface area contributed by atoms with Crippen LogP contribution < -0.4 is 0 Å². The number of hydrogen-bond acceptors (Lipinski definition) is 3. The van der Waals surface area contributed by atoms with Crippen molar-refractivity contribution >= 4 is 0 Å². The highest BCUT2D eigenvalue weighted by molar-refractivity contribution is 4.85. The lowest BCUT2D eigenvalue weighted by Crippen LogP contribution is -2.46. The van der Waals surface area contributed by atoms with Crippen LogP contribution in [0, 0.1) is 11.3 Å². The first-order chi connectivity index (χ1) is 7.51. The molecular weight excluding hydrogens is 202 g/mol. The van der Waals surface area contributed by atoms with Gasteiger partial charge in [0.2, 0.25) is 0 Å². The van der Waals surface area contributed by atoms with E-state index >= 15 is 0 Å². The zero-order valence-corrected chi connectivity index (χ0v) is 11.2. The maximum Gasteiger partial charge on any atom is 0.0501 e. The van der Waals surface area contributed by atoms with Crippen molar-refractivity contribution in [1.82, 2.24) is 4.90 Å². The minimum Gasteiger partial charge on any atom is -0.396 e. The third kappa shape index (κ3) is 3.44. The number of rotatable bonds is 5. The Morgan fingerprint density at radius 2 is 1.81 bits per heavy atom. The van der Waals surface area contributed by atoms with E-state index in [0.717, 1.165) is 32.6 Å². The molecule has 0 aromatic rings. The Labute approximate surface area is 99.8 Å². The molecule has 0 aromatic carbocycles. The number of ether oxygens (including phenoxy) is 1. The van der Waals surface area contributed by atoms with Crippen molar-refractivity contribution in [3.8, 4) is 0 Å². The van der Waals surface area contributed by atoms with E-state index in [1.807, 2.05) is 0 Å². The molecule has 0 bridgehead atoms. The predicted molar refractivity (Wildman–Crippen MR) is 66.5 cm³/mol. The minimum absolute atomic E-state index is 0.0656. The SMILES string of the molecule is CC(C)C(C)N(C)CC1(CO)CCOCC1. The maximum absolute atomic E-state index is 9.63. The molecule has 1 aliphatic heterocycles. The van der Waals surface area contributed by atoms with Crippen LogP contribution >= 0.6 is 0 Å². The Morgan fingerprint density at radius 3 is 2.25 bits per heavy atom. The Morgan fingerprint density at radius 1 is 1.25 bits per heavy atom. The normalized spacial score (nSPS) is 22.7. The van der Waals surface area contributed by atoms with Crippen molar-refractivity contribution in [1.29, 1.82) is 0 Å². The van der Waals surface area contributed by atoms with E-state index in [4.69, 9.17) is 4.74 Å². The summed E-state index contributed by atoms with van der Waals surface area (Å²) in [5.41, 5.74) is 0.0656. The number of aliphatic hydroxyl groups is 1. The molecule has 0 saturated carbocycles. The largest absolute Gasteiger partial charge is 0.396 e. The van der Waals surface area contributed by atoms with E-state index in [-0.39, 0.29) is 12.0 Å². The fourth-order valence-corrected chi connectivity index (χ4v) is 2.35. The van der Waals surface area contributed by atoms with Crippen molar-refractivity contribution < 1.29 is 9.84 Å². The van der Waals surface area contributed by atoms with Crippen LogP contribution in [0.5, 0.6) is 0 Å². The van der Waals surface area contributed by atoms with E-state index in [2.05, 4.69) is 32.7 Å². The van der Waals surface area contributed by atoms with Gasteiger partial charge in [0.05, 0.1) is 6.61 Å². The van der Waals surface area contributed by atoms with Gasteiger partial charge in [0.15, 0.2) is 0 Å². The molecule has 1 saturated heterocycles. The monoisotopic (exact) mass is 229 g/mol. The van der Waals surface area contributed by atoms with E-state index in [0.29, 0.717) is 12.0 Å². The minimum atomic E-state index is 0.0656. The molecule has 16 heavy (non-hydrogen) atoms. The van der Waals surface area contributed by atoms with Gasteiger partial charge in [-0.1, -0.05) is 13.8 Å². The van der Waals surface area contributed by atoms with Crippen molar-refractivity contribution in [2.24, 2.45) is 11.3 Å². The molecule has 0 aliphatic carbocycles. The number of aliphatic hydroxyl groups excluding tert-OH is 1. The summed E-state index contributed by atoms with van der Waals surface area (Å²) in [5, 5.41) is 9.63. The van der Waals surface area contributed by atoms with Gasteiger partial charge in [-0.2, -0.15) is 0 Å². The summed E-state index contributed by atoms with van der Waals surface area (Å²) in [6.45, 7) is 9.61. The van der Waals surface area contributed by atoms with Crippen molar-refractivity contribution in [3.63, 3.8) is 0 Å². The van der Waals surface area contributed by atoms with Gasteiger partial charge in [-0.05, 0) is 32.7 Å². The van der Waals surface area contributed by atoms with Gasteiger partial charge in [0.1, 0.15) is 0 Å². The Balaban J connectivity index is 2.54. The summed E-state index contributed by atoms with van der Waals surface area (Å²) in [6.07, 6.45) is 1.97. The molecular formula is C13H27NO2. The fourth-order valence-electron chi connectivity index (χ4n) is 2.35. The molecule has 3 nitrogen and oxygen atoms in total. The van der Waals surface area contributed by atoms with E-state index in [9.17, 15) is 5.11 Å². The smallest absolute Gasteiger partial charge is 0.0501 e. The van der Waals surface area contributed by atoms with Gasteiger partial charge in [0, 0.05) is 31.2 Å². The van der Waals surface area contributed by atoms with Crippen LogP contribution in [0.15, 0.2) is 0 Å². The Bertz CT molecular complexity index is 200. The average Bonchev–Trinajstić information content (AvgIpc) is 2.29. The molecule has 1 heterocycles. The predicted octanol–water partition coefficient (Wildman–Crippen LogP) is 1.75. The van der Waals surface area contributed by atoms with Gasteiger partial charge in [-0.15, -0.1) is 0 Å². The van der Waals surface area contributed by atoms with Gasteiger partial charge in [-0.25, -0.2) is 0 Å². The summed E-state index contributed by atoms with van der Waals surface area (Å²) in [7, 11) is 2.16. The Hall–Kier alpha value is -0.120. The van der Waals surface area contributed by atoms with Crippen molar-refractivity contribution in [2.45, 2.75) is 39.7 Å². The Kier molecular flexibility index (Phi) is 5.22. The van der Waals surface area contributed by atoms with Crippen LogP contribution in [0.25, 0.3) is 0 Å². The van der Waals surface area contributed by atoms with Crippen LogP contribution in [0.1, 0.15) is 33.6 Å². The van der Waals surface area contributed by atoms with Crippen LogP contribution in [-0.2, 0) is 4.74 Å². The van der Waals surface area contributed by atoms with Gasteiger partial charge in [0.25, 0.3) is 0 Å². The lowest BCUT2D eigenvalue weighted by Gasteiger charge is -2.41. The highest BCUT2D eigenvalue weighted by Crippen LogP contribution is 2.31. The lowest BCUT2D eigenvalue weighted by atomic mass is 9.80. The summed E-state index contributed by atoms with van der Waals surface area (Å²) in [4.78, 5) is 2.38. The second-order valence-electron chi connectivity index (χ2n) is 5.67. The van der Waals surface area contributed by atoms with E-state index < -0.39 is 0 Å². The van der Waals surface area contributed by atoms with Crippen molar-refractivity contribution in [2.75, 3.05) is 33.4 Å². The first kappa shape index (κ1) is 13.9. The zero-order valence-electron chi connectivity index (χ0n) is 11.2. The molecule has 0 amide bonds. The van der Waals surface area contributed by atoms with Crippen LogP contribution in [0.3, 0.4) is 0 Å². The van der Waals surface area contributed by atoms with E-state index in [1.54, 1.807) is 0 Å². The van der Waals surface area contributed by atoms with Crippen LogP contribution in [0.2, 0.25) is 0 Å². The van der Waals surface area contributed by atoms with Crippen LogP contribution in [0.4, 0.5) is 0 Å². The molecule has 0 radical (unpaired) electrons. The highest BCUT2D eigenvalue weighted by Gasteiger charge is 2.34. The highest BCUT2D eigenvalue weighted by atomic mass is 16.5. The van der Waals surface area contributed by atoms with E-state index in [1.165, 1.54) is 0 Å². The van der Waals surface area contributed by atoms with Gasteiger partial charge in [-0.3, -0.25) is 0 Å². The molecule has 1 unspecified atom stereocenters. The molecule has 1 rings (SSSR count). The maximum atomic E-state index is 9.63. The van der Waals surface area contributed by atoms with Gasteiger partial charge < -0.3 is 14.7 Å². The zero-order chi connectivity index (χ0) is 12.2. The third-order valence-electron chi connectivity index (χ3n) is 4.13. The number of nitrogens with zero attached hydrogens (tertiary/aromatic N) is 1. The topological polar surface area (TPSA) is 32.7 Å².